The summed E-state index contributed by atoms with van der Waals surface area (Å²) in [4.78, 5) is 11.9. The van der Waals surface area contributed by atoms with E-state index in [0.29, 0.717) is 16.9 Å². The molecule has 0 atom stereocenters. The minimum absolute atomic E-state index is 0.149. The Kier molecular flexibility index (Phi) is 3.49. The molecule has 0 fully saturated rings. The summed E-state index contributed by atoms with van der Waals surface area (Å²) >= 11 is 4.80. The largest absolute Gasteiger partial charge is 0.397 e. The van der Waals surface area contributed by atoms with Crippen molar-refractivity contribution in [2.45, 2.75) is 6.92 Å². The minimum Gasteiger partial charge on any atom is -0.397 e. The predicted octanol–water partition coefficient (Wildman–Crippen LogP) is 3.65. The van der Waals surface area contributed by atoms with Gasteiger partial charge in [0.2, 0.25) is 0 Å². The van der Waals surface area contributed by atoms with Crippen LogP contribution in [0.25, 0.3) is 0 Å². The van der Waals surface area contributed by atoms with Crippen LogP contribution in [0.3, 0.4) is 0 Å². The number of halogens is 1. The Morgan fingerprint density at radius 3 is 2.82 bits per heavy atom. The number of nitrogens with one attached hydrogen (secondary N) is 1. The van der Waals surface area contributed by atoms with Crippen LogP contribution in [0.1, 0.15) is 15.9 Å². The number of amides is 1. The molecule has 88 valence electrons. The van der Waals surface area contributed by atoms with Gasteiger partial charge >= 0.3 is 0 Å². The second kappa shape index (κ2) is 4.89. The predicted molar refractivity (Wildman–Crippen MR) is 75.6 cm³/mol. The molecule has 17 heavy (non-hydrogen) atoms. The molecule has 0 aliphatic rings. The quantitative estimate of drug-likeness (QED) is 0.832. The Balaban J connectivity index is 2.21. The summed E-state index contributed by atoms with van der Waals surface area (Å²) in [6, 6.07) is 7.33. The Labute approximate surface area is 112 Å². The summed E-state index contributed by atoms with van der Waals surface area (Å²) < 4.78 is 0.930. The van der Waals surface area contributed by atoms with Crippen molar-refractivity contribution in [3.8, 4) is 0 Å². The fourth-order valence-corrected chi connectivity index (χ4v) is 2.54. The van der Waals surface area contributed by atoms with Crippen LogP contribution in [-0.2, 0) is 0 Å². The van der Waals surface area contributed by atoms with Gasteiger partial charge in [0.15, 0.2) is 0 Å². The number of carbonyl (C=O) groups is 1. The van der Waals surface area contributed by atoms with E-state index in [0.717, 1.165) is 9.35 Å². The van der Waals surface area contributed by atoms with E-state index in [1.54, 1.807) is 17.5 Å². The van der Waals surface area contributed by atoms with Gasteiger partial charge in [-0.2, -0.15) is 0 Å². The van der Waals surface area contributed by atoms with Crippen LogP contribution in [-0.4, -0.2) is 5.91 Å². The molecule has 0 saturated carbocycles. The number of rotatable bonds is 2. The summed E-state index contributed by atoms with van der Waals surface area (Å²) in [6.45, 7) is 1.95. The summed E-state index contributed by atoms with van der Waals surface area (Å²) in [5, 5.41) is 4.60. The Morgan fingerprint density at radius 1 is 1.41 bits per heavy atom. The Morgan fingerprint density at radius 2 is 2.18 bits per heavy atom. The molecular weight excluding hydrogens is 300 g/mol. The molecule has 0 unspecified atom stereocenters. The van der Waals surface area contributed by atoms with Gasteiger partial charge < -0.3 is 11.1 Å². The van der Waals surface area contributed by atoms with Crippen molar-refractivity contribution in [2.24, 2.45) is 0 Å². The topological polar surface area (TPSA) is 55.1 Å². The van der Waals surface area contributed by atoms with Crippen molar-refractivity contribution in [1.82, 2.24) is 0 Å². The summed E-state index contributed by atoms with van der Waals surface area (Å²) in [5.41, 5.74) is 8.70. The average Bonchev–Trinajstić information content (AvgIpc) is 2.70. The minimum atomic E-state index is -0.149. The third-order valence-corrected chi connectivity index (χ3v) is 3.79. The van der Waals surface area contributed by atoms with Gasteiger partial charge in [0, 0.05) is 5.38 Å². The van der Waals surface area contributed by atoms with E-state index < -0.39 is 0 Å². The molecule has 5 heteroatoms. The smallest absolute Gasteiger partial charge is 0.256 e. The number of hydrogen-bond acceptors (Lipinski definition) is 3. The number of nitrogen functional groups attached to an aromatic ring is 1. The molecule has 0 aliphatic heterocycles. The average molecular weight is 311 g/mol. The molecular formula is C12H11BrN2OS. The molecule has 0 radical (unpaired) electrons. The van der Waals surface area contributed by atoms with Crippen molar-refractivity contribution in [3.63, 3.8) is 0 Å². The Hall–Kier alpha value is -1.33. The van der Waals surface area contributed by atoms with E-state index in [-0.39, 0.29) is 5.91 Å². The van der Waals surface area contributed by atoms with E-state index in [1.165, 1.54) is 11.3 Å². The lowest BCUT2D eigenvalue weighted by Gasteiger charge is -2.08. The normalized spacial score (nSPS) is 10.2. The molecule has 3 N–H and O–H groups in total. The zero-order valence-corrected chi connectivity index (χ0v) is 11.6. The first-order chi connectivity index (χ1) is 8.06. The molecule has 0 saturated heterocycles. The van der Waals surface area contributed by atoms with Gasteiger partial charge in [0.25, 0.3) is 5.91 Å². The fourth-order valence-electron chi connectivity index (χ4n) is 1.40. The van der Waals surface area contributed by atoms with Crippen LogP contribution in [0.2, 0.25) is 0 Å². The van der Waals surface area contributed by atoms with E-state index in [4.69, 9.17) is 5.73 Å². The van der Waals surface area contributed by atoms with E-state index in [1.807, 2.05) is 19.1 Å². The maximum absolute atomic E-state index is 11.9. The number of aryl methyl sites for hydroxylation is 1. The van der Waals surface area contributed by atoms with Gasteiger partial charge in [-0.25, -0.2) is 0 Å². The Bertz CT molecular complexity index is 565. The lowest BCUT2D eigenvalue weighted by atomic mass is 10.2. The summed E-state index contributed by atoms with van der Waals surface area (Å²) in [5.74, 6) is -0.149. The highest BCUT2D eigenvalue weighted by Gasteiger charge is 2.09. The fraction of sp³-hybridized carbons (Fsp3) is 0.0833. The van der Waals surface area contributed by atoms with E-state index in [9.17, 15) is 4.79 Å². The second-order valence-corrected chi connectivity index (χ2v) is 5.97. The van der Waals surface area contributed by atoms with Crippen LogP contribution >= 0.6 is 27.3 Å². The van der Waals surface area contributed by atoms with Crippen molar-refractivity contribution in [3.05, 3.63) is 44.6 Å². The van der Waals surface area contributed by atoms with Gasteiger partial charge in [0.05, 0.1) is 20.7 Å². The monoisotopic (exact) mass is 310 g/mol. The maximum atomic E-state index is 11.9. The molecule has 0 aliphatic carbocycles. The molecule has 0 bridgehead atoms. The first-order valence-electron chi connectivity index (χ1n) is 4.98. The SMILES string of the molecule is Cc1ccc(N)c(NC(=O)c2csc(Br)c2)c1. The number of benzene rings is 1. The number of hydrogen-bond donors (Lipinski definition) is 2. The van der Waals surface area contributed by atoms with Crippen molar-refractivity contribution < 1.29 is 4.79 Å². The molecule has 1 amide bonds. The number of thiophene rings is 1. The summed E-state index contributed by atoms with van der Waals surface area (Å²) in [6.07, 6.45) is 0. The van der Waals surface area contributed by atoms with Gasteiger partial charge in [0.1, 0.15) is 0 Å². The third-order valence-electron chi connectivity index (χ3n) is 2.29. The number of nitrogens with two attached hydrogens (primary N) is 1. The van der Waals surface area contributed by atoms with Gasteiger partial charge in [-0.15, -0.1) is 11.3 Å². The van der Waals surface area contributed by atoms with Crippen LogP contribution in [0.15, 0.2) is 33.4 Å². The zero-order valence-electron chi connectivity index (χ0n) is 9.16. The summed E-state index contributed by atoms with van der Waals surface area (Å²) in [7, 11) is 0. The molecule has 2 aromatic rings. The highest BCUT2D eigenvalue weighted by molar-refractivity contribution is 9.11. The molecule has 2 rings (SSSR count). The van der Waals surface area contributed by atoms with Gasteiger partial charge in [-0.3, -0.25) is 4.79 Å². The van der Waals surface area contributed by atoms with Gasteiger partial charge in [-0.05, 0) is 46.6 Å². The number of anilines is 2. The molecule has 3 nitrogen and oxygen atoms in total. The molecule has 0 spiro atoms. The van der Waals surface area contributed by atoms with Crippen LogP contribution in [0.5, 0.6) is 0 Å². The first-order valence-corrected chi connectivity index (χ1v) is 6.65. The molecule has 1 aromatic carbocycles. The van der Waals surface area contributed by atoms with Crippen molar-refractivity contribution >= 4 is 44.5 Å². The van der Waals surface area contributed by atoms with Crippen molar-refractivity contribution in [2.75, 3.05) is 11.1 Å². The van der Waals surface area contributed by atoms with Gasteiger partial charge in [-0.1, -0.05) is 6.07 Å². The third kappa shape index (κ3) is 2.87. The van der Waals surface area contributed by atoms with E-state index in [2.05, 4.69) is 21.2 Å². The maximum Gasteiger partial charge on any atom is 0.256 e. The van der Waals surface area contributed by atoms with Crippen LogP contribution in [0, 0.1) is 6.92 Å². The lowest BCUT2D eigenvalue weighted by molar-refractivity contribution is 0.102. The first kappa shape index (κ1) is 12.1. The van der Waals surface area contributed by atoms with Crippen LogP contribution < -0.4 is 11.1 Å². The zero-order chi connectivity index (χ0) is 12.4. The second-order valence-electron chi connectivity index (χ2n) is 3.68. The van der Waals surface area contributed by atoms with Crippen LogP contribution in [0.4, 0.5) is 11.4 Å². The molecule has 1 aromatic heterocycles. The molecule has 1 heterocycles. The van der Waals surface area contributed by atoms with Crippen molar-refractivity contribution in [1.29, 1.82) is 0 Å². The standard InChI is InChI=1S/C12H11BrN2OS/c1-7-2-3-9(14)10(4-7)15-12(16)8-5-11(13)17-6-8/h2-6H,14H2,1H3,(H,15,16). The van der Waals surface area contributed by atoms with E-state index >= 15 is 0 Å². The highest BCUT2D eigenvalue weighted by atomic mass is 79.9. The lowest BCUT2D eigenvalue weighted by Crippen LogP contribution is -2.12. The highest BCUT2D eigenvalue weighted by Crippen LogP contribution is 2.24. The number of carbonyl (C=O) groups excluding carboxylic acids is 1.